The fraction of sp³-hybridized carbons (Fsp3) is 0.800. The minimum absolute atomic E-state index is 0.0712. The average molecular weight is 309 g/mol. The summed E-state index contributed by atoms with van der Waals surface area (Å²) >= 11 is 0. The van der Waals surface area contributed by atoms with Crippen molar-refractivity contribution in [3.63, 3.8) is 0 Å². The number of nitrogens with zero attached hydrogens (tertiary/aromatic N) is 1. The highest BCUT2D eigenvalue weighted by molar-refractivity contribution is 7.84. The maximum atomic E-state index is 12.5. The first-order chi connectivity index (χ1) is 7.73. The summed E-state index contributed by atoms with van der Waals surface area (Å²) in [7, 11) is -4.64. The van der Waals surface area contributed by atoms with Crippen molar-refractivity contribution >= 4 is 17.1 Å². The van der Waals surface area contributed by atoms with Gasteiger partial charge in [0.1, 0.15) is 0 Å². The monoisotopic (exact) mass is 309 g/mol. The lowest BCUT2D eigenvalue weighted by atomic mass is 10.1. The standard InChI is InChI=1S/C5F9NO2S/c6-2(7,4(10,11)12)3(8,9)5(13,14)18(17)15-1-16. The second kappa shape index (κ2) is 4.53. The summed E-state index contributed by atoms with van der Waals surface area (Å²) in [5, 5.41) is -6.41. The summed E-state index contributed by atoms with van der Waals surface area (Å²) in [6.45, 7) is 0. The highest BCUT2D eigenvalue weighted by Gasteiger charge is 2.83. The fourth-order valence-corrected chi connectivity index (χ4v) is 1.09. The van der Waals surface area contributed by atoms with Gasteiger partial charge in [0.2, 0.25) is 17.1 Å². The average Bonchev–Trinajstić information content (AvgIpc) is 2.15. The molecule has 3 nitrogen and oxygen atoms in total. The molecule has 0 aliphatic rings. The van der Waals surface area contributed by atoms with E-state index in [1.54, 1.807) is 0 Å². The molecule has 0 saturated heterocycles. The zero-order valence-electron chi connectivity index (χ0n) is 7.57. The predicted molar refractivity (Wildman–Crippen MR) is 37.2 cm³/mol. The summed E-state index contributed by atoms with van der Waals surface area (Å²) in [4.78, 5) is 9.36. The molecule has 0 rings (SSSR count). The largest absolute Gasteiger partial charge is 0.460 e. The third kappa shape index (κ3) is 2.36. The maximum absolute atomic E-state index is 12.5. The summed E-state index contributed by atoms with van der Waals surface area (Å²) in [6, 6.07) is 0. The number of halogens is 9. The molecule has 1 atom stereocenters. The first-order valence-electron chi connectivity index (χ1n) is 3.43. The predicted octanol–water partition coefficient (Wildman–Crippen LogP) is 2.41. The molecule has 0 aromatic carbocycles. The molecule has 1 unspecified atom stereocenters. The molecular weight excluding hydrogens is 309 g/mol. The van der Waals surface area contributed by atoms with Crippen LogP contribution in [-0.4, -0.2) is 33.6 Å². The van der Waals surface area contributed by atoms with Crippen LogP contribution in [-0.2, 0) is 15.8 Å². The molecule has 0 aromatic rings. The van der Waals surface area contributed by atoms with Gasteiger partial charge in [0, 0.05) is 0 Å². The lowest BCUT2D eigenvalue weighted by molar-refractivity contribution is -0.381. The van der Waals surface area contributed by atoms with E-state index in [0.717, 1.165) is 0 Å². The van der Waals surface area contributed by atoms with Gasteiger partial charge in [-0.3, -0.25) is 0 Å². The number of hydrogen-bond donors (Lipinski definition) is 0. The normalized spacial score (nSPS) is 16.1. The molecule has 18 heavy (non-hydrogen) atoms. The van der Waals surface area contributed by atoms with Gasteiger partial charge in [-0.25, -0.2) is 9.00 Å². The fourth-order valence-electron chi connectivity index (χ4n) is 0.562. The lowest BCUT2D eigenvalue weighted by Gasteiger charge is -2.31. The highest BCUT2D eigenvalue weighted by atomic mass is 32.2. The van der Waals surface area contributed by atoms with Crippen molar-refractivity contribution in [3.8, 4) is 0 Å². The van der Waals surface area contributed by atoms with Crippen LogP contribution in [0.15, 0.2) is 4.40 Å². The zero-order chi connectivity index (χ0) is 15.0. The van der Waals surface area contributed by atoms with Crippen molar-refractivity contribution in [3.05, 3.63) is 0 Å². The van der Waals surface area contributed by atoms with Crippen LogP contribution in [0.25, 0.3) is 0 Å². The minimum atomic E-state index is -7.17. The number of isocyanates is 1. The van der Waals surface area contributed by atoms with Gasteiger partial charge in [-0.05, 0) is 0 Å². The molecule has 0 bridgehead atoms. The Labute approximate surface area is 94.3 Å². The van der Waals surface area contributed by atoms with Gasteiger partial charge in [0.05, 0.1) is 0 Å². The number of rotatable bonds is 4. The molecule has 0 heterocycles. The van der Waals surface area contributed by atoms with E-state index in [1.165, 1.54) is 4.40 Å². The summed E-state index contributed by atoms with van der Waals surface area (Å²) in [6.07, 6.45) is -6.95. The molecule has 0 spiro atoms. The van der Waals surface area contributed by atoms with Crippen molar-refractivity contribution in [1.82, 2.24) is 0 Å². The van der Waals surface area contributed by atoms with Gasteiger partial charge in [0.25, 0.3) is 0 Å². The Balaban J connectivity index is 5.78. The highest BCUT2D eigenvalue weighted by Crippen LogP contribution is 2.54. The van der Waals surface area contributed by atoms with Gasteiger partial charge in [-0.15, -0.1) is 0 Å². The van der Waals surface area contributed by atoms with Gasteiger partial charge < -0.3 is 0 Å². The van der Waals surface area contributed by atoms with Crippen molar-refractivity contribution in [1.29, 1.82) is 0 Å². The van der Waals surface area contributed by atoms with Gasteiger partial charge in [-0.2, -0.15) is 39.5 Å². The van der Waals surface area contributed by atoms with Crippen molar-refractivity contribution in [2.75, 3.05) is 0 Å². The zero-order valence-corrected chi connectivity index (χ0v) is 8.39. The molecule has 0 aliphatic heterocycles. The van der Waals surface area contributed by atoms with Crippen LogP contribution >= 0.6 is 0 Å². The van der Waals surface area contributed by atoms with Crippen LogP contribution < -0.4 is 0 Å². The molecular formula is C5F9NO2S. The smallest absolute Gasteiger partial charge is 0.228 e. The van der Waals surface area contributed by atoms with Crippen LogP contribution in [0.2, 0.25) is 0 Å². The van der Waals surface area contributed by atoms with E-state index in [-0.39, 0.29) is 6.08 Å². The van der Waals surface area contributed by atoms with E-state index in [1.807, 2.05) is 0 Å². The third-order valence-electron chi connectivity index (χ3n) is 1.46. The van der Waals surface area contributed by atoms with E-state index >= 15 is 0 Å². The van der Waals surface area contributed by atoms with E-state index in [9.17, 15) is 48.5 Å². The Morgan fingerprint density at radius 3 is 1.50 bits per heavy atom. The van der Waals surface area contributed by atoms with Crippen molar-refractivity contribution < 1.29 is 48.5 Å². The van der Waals surface area contributed by atoms with Gasteiger partial charge in [-0.1, -0.05) is 4.40 Å². The molecule has 0 fully saturated rings. The summed E-state index contributed by atoms with van der Waals surface area (Å²) in [5.74, 6) is -14.2. The Morgan fingerprint density at radius 1 is 0.833 bits per heavy atom. The van der Waals surface area contributed by atoms with E-state index < -0.39 is 34.3 Å². The van der Waals surface area contributed by atoms with Crippen LogP contribution in [0, 0.1) is 0 Å². The van der Waals surface area contributed by atoms with Gasteiger partial charge >= 0.3 is 23.3 Å². The number of carbonyl (C=O) groups excluding carboxylic acids is 1. The molecule has 0 aromatic heterocycles. The first kappa shape index (κ1) is 16.9. The molecule has 0 amide bonds. The molecule has 13 heteroatoms. The molecule has 0 N–H and O–H groups in total. The van der Waals surface area contributed by atoms with Crippen LogP contribution in [0.4, 0.5) is 39.5 Å². The second-order valence-electron chi connectivity index (χ2n) is 2.60. The first-order valence-corrected chi connectivity index (χ1v) is 4.54. The molecule has 106 valence electrons. The van der Waals surface area contributed by atoms with Crippen molar-refractivity contribution in [2.24, 2.45) is 4.40 Å². The Hall–Kier alpha value is -1.10. The summed E-state index contributed by atoms with van der Waals surface area (Å²) < 4.78 is 121. The van der Waals surface area contributed by atoms with Gasteiger partial charge in [0.15, 0.2) is 0 Å². The lowest BCUT2D eigenvalue weighted by Crippen LogP contribution is -2.61. The molecule has 0 saturated carbocycles. The van der Waals surface area contributed by atoms with Crippen LogP contribution in [0.1, 0.15) is 0 Å². The van der Waals surface area contributed by atoms with Crippen LogP contribution in [0.5, 0.6) is 0 Å². The van der Waals surface area contributed by atoms with E-state index in [4.69, 9.17) is 0 Å². The van der Waals surface area contributed by atoms with E-state index in [2.05, 4.69) is 0 Å². The minimum Gasteiger partial charge on any atom is -0.228 e. The molecule has 0 aliphatic carbocycles. The van der Waals surface area contributed by atoms with Crippen molar-refractivity contribution in [2.45, 2.75) is 23.3 Å². The molecule has 0 radical (unpaired) electrons. The Morgan fingerprint density at radius 2 is 1.22 bits per heavy atom. The van der Waals surface area contributed by atoms with Crippen LogP contribution in [0.3, 0.4) is 0 Å². The van der Waals surface area contributed by atoms with E-state index in [0.29, 0.717) is 0 Å². The Bertz CT molecular complexity index is 396. The number of hydrogen-bond acceptors (Lipinski definition) is 2. The SMILES string of the molecule is O=C=NS(=O)C(F)(F)C(F)(F)C(F)(F)C(F)(F)F. The summed E-state index contributed by atoms with van der Waals surface area (Å²) in [5.41, 5.74) is 0. The second-order valence-corrected chi connectivity index (χ2v) is 3.79. The number of alkyl halides is 9. The quantitative estimate of drug-likeness (QED) is 0.455. The maximum Gasteiger partial charge on any atom is 0.460 e. The Kier molecular flexibility index (Phi) is 4.26. The third-order valence-corrected chi connectivity index (χ3v) is 2.39. The topological polar surface area (TPSA) is 46.5 Å².